The van der Waals surface area contributed by atoms with Crippen molar-refractivity contribution < 1.29 is 43.1 Å². The van der Waals surface area contributed by atoms with Crippen LogP contribution >= 0.6 is 14.8 Å². The van der Waals surface area contributed by atoms with E-state index in [2.05, 4.69) is 0 Å². The third-order valence-corrected chi connectivity index (χ3v) is 12.2. The van der Waals surface area contributed by atoms with Gasteiger partial charge in [-0.05, 0) is 40.0 Å². The standard InChI is InChI=1S/C19H42B2O9P2/c1-8-17(5,11-13-14(22)15(23)16(20)28-13)29-31(21,25)12(4)18(6,9-2)30-32(26,27)19(7,24)10-3/h12-16,22-24H,8-11,20-21H2,1-7H3,(H,26,27)/t12?,13-,14-,15-,16-,17?,18?,19?,31?/m1/s1. The first-order valence-electron chi connectivity index (χ1n) is 11.4. The van der Waals surface area contributed by atoms with Gasteiger partial charge in [-0.25, -0.2) is 0 Å². The summed E-state index contributed by atoms with van der Waals surface area (Å²) in [6, 6.07) is -0.523. The summed E-state index contributed by atoms with van der Waals surface area (Å²) in [6.45, 7) is 11.4. The molecule has 0 saturated carbocycles. The van der Waals surface area contributed by atoms with E-state index in [0.29, 0.717) is 6.42 Å². The summed E-state index contributed by atoms with van der Waals surface area (Å²) in [4.78, 5) is 10.5. The fourth-order valence-electron chi connectivity index (χ4n) is 3.80. The lowest BCUT2D eigenvalue weighted by molar-refractivity contribution is -0.0339. The van der Waals surface area contributed by atoms with E-state index < -0.39 is 61.4 Å². The van der Waals surface area contributed by atoms with Crippen LogP contribution in [-0.4, -0.2) is 82.1 Å². The van der Waals surface area contributed by atoms with Crippen LogP contribution in [0.1, 0.15) is 74.1 Å². The van der Waals surface area contributed by atoms with Crippen molar-refractivity contribution in [2.24, 2.45) is 0 Å². The maximum Gasteiger partial charge on any atom is 0.359 e. The fraction of sp³-hybridized carbons (Fsp3) is 1.00. The minimum Gasteiger partial charge on any atom is -0.388 e. The van der Waals surface area contributed by atoms with Gasteiger partial charge in [-0.15, -0.1) is 0 Å². The molecule has 1 aliphatic rings. The van der Waals surface area contributed by atoms with Crippen molar-refractivity contribution in [3.63, 3.8) is 0 Å². The molecule has 1 fully saturated rings. The molecule has 10 atom stereocenters. The van der Waals surface area contributed by atoms with Gasteiger partial charge < -0.3 is 34.0 Å². The second kappa shape index (κ2) is 10.5. The van der Waals surface area contributed by atoms with Crippen molar-refractivity contribution in [2.75, 3.05) is 0 Å². The molecule has 4 N–H and O–H groups in total. The number of hydrogen-bond acceptors (Lipinski definition) is 8. The molecule has 1 heterocycles. The minimum atomic E-state index is -4.46. The highest BCUT2D eigenvalue weighted by molar-refractivity contribution is 7.84. The van der Waals surface area contributed by atoms with Crippen LogP contribution in [0.4, 0.5) is 0 Å². The normalized spacial score (nSPS) is 34.5. The van der Waals surface area contributed by atoms with Gasteiger partial charge in [0.25, 0.3) is 0 Å². The molecule has 1 aliphatic heterocycles. The Labute approximate surface area is 194 Å². The van der Waals surface area contributed by atoms with Gasteiger partial charge in [-0.3, -0.25) is 9.09 Å². The van der Waals surface area contributed by atoms with Crippen molar-refractivity contribution >= 4 is 30.3 Å². The minimum absolute atomic E-state index is 0.0110. The Balaban J connectivity index is 3.12. The first kappa shape index (κ1) is 30.3. The molecule has 0 spiro atoms. The molecule has 9 nitrogen and oxygen atoms in total. The highest BCUT2D eigenvalue weighted by Crippen LogP contribution is 2.63. The van der Waals surface area contributed by atoms with Crippen LogP contribution in [0.5, 0.6) is 0 Å². The zero-order valence-electron chi connectivity index (χ0n) is 20.9. The SMILES string of the molecule is B[C@@H]1O[C@H](CC(C)(CC)OP(B)(=O)C(C)C(C)(CC)OP(=O)(O)C(C)(O)CC)[C@@H](O)[C@H]1O. The van der Waals surface area contributed by atoms with Crippen molar-refractivity contribution in [3.05, 3.63) is 0 Å². The van der Waals surface area contributed by atoms with Gasteiger partial charge in [0.2, 0.25) is 7.57 Å². The number of aliphatic hydroxyl groups excluding tert-OH is 2. The maximum absolute atomic E-state index is 13.8. The summed E-state index contributed by atoms with van der Waals surface area (Å²) in [5.74, 6) is 0. The lowest BCUT2D eigenvalue weighted by Crippen LogP contribution is -2.44. The van der Waals surface area contributed by atoms with E-state index in [4.69, 9.17) is 13.8 Å². The average Bonchev–Trinajstić information content (AvgIpc) is 2.92. The van der Waals surface area contributed by atoms with E-state index in [0.717, 1.165) is 0 Å². The third-order valence-electron chi connectivity index (χ3n) is 7.28. The van der Waals surface area contributed by atoms with Gasteiger partial charge in [-0.2, -0.15) is 0 Å². The van der Waals surface area contributed by atoms with Crippen molar-refractivity contribution in [1.29, 1.82) is 0 Å². The number of rotatable bonds is 12. The average molecular weight is 498 g/mol. The fourth-order valence-corrected chi connectivity index (χ4v) is 7.80. The maximum atomic E-state index is 13.8. The highest BCUT2D eigenvalue weighted by Gasteiger charge is 2.52. The highest BCUT2D eigenvalue weighted by atomic mass is 31.2. The molecule has 0 aliphatic carbocycles. The van der Waals surface area contributed by atoms with Crippen LogP contribution in [0.3, 0.4) is 0 Å². The molecule has 0 radical (unpaired) electrons. The monoisotopic (exact) mass is 498 g/mol. The quantitative estimate of drug-likeness (QED) is 0.232. The molecule has 32 heavy (non-hydrogen) atoms. The lowest BCUT2D eigenvalue weighted by Gasteiger charge is -2.44. The Morgan fingerprint density at radius 3 is 1.94 bits per heavy atom. The van der Waals surface area contributed by atoms with Crippen LogP contribution in [0.15, 0.2) is 0 Å². The van der Waals surface area contributed by atoms with E-state index in [1.807, 2.05) is 6.92 Å². The van der Waals surface area contributed by atoms with E-state index >= 15 is 0 Å². The second-order valence-corrected chi connectivity index (χ2v) is 14.9. The Kier molecular flexibility index (Phi) is 9.97. The number of hydrogen-bond donors (Lipinski definition) is 4. The van der Waals surface area contributed by atoms with Gasteiger partial charge in [0.05, 0.1) is 29.0 Å². The molecular weight excluding hydrogens is 456 g/mol. The second-order valence-electron chi connectivity index (χ2n) is 9.89. The Bertz CT molecular complexity index is 740. The van der Waals surface area contributed by atoms with E-state index in [1.54, 1.807) is 42.5 Å². The largest absolute Gasteiger partial charge is 0.388 e. The van der Waals surface area contributed by atoms with Gasteiger partial charge in [0, 0.05) is 6.42 Å². The van der Waals surface area contributed by atoms with Crippen LogP contribution in [0.25, 0.3) is 0 Å². The Morgan fingerprint density at radius 1 is 1.03 bits per heavy atom. The van der Waals surface area contributed by atoms with Gasteiger partial charge in [-0.1, -0.05) is 27.7 Å². The predicted molar refractivity (Wildman–Crippen MR) is 130 cm³/mol. The molecule has 0 amide bonds. The van der Waals surface area contributed by atoms with Crippen molar-refractivity contribution in [1.82, 2.24) is 0 Å². The van der Waals surface area contributed by atoms with E-state index in [-0.39, 0.29) is 19.3 Å². The van der Waals surface area contributed by atoms with Crippen LogP contribution in [-0.2, 0) is 22.9 Å². The zero-order valence-corrected chi connectivity index (χ0v) is 22.7. The topological polar surface area (TPSA) is 143 Å². The third kappa shape index (κ3) is 6.50. The lowest BCUT2D eigenvalue weighted by atomic mass is 9.90. The van der Waals surface area contributed by atoms with Crippen molar-refractivity contribution in [3.8, 4) is 0 Å². The molecule has 0 aromatic rings. The summed E-state index contributed by atoms with van der Waals surface area (Å²) in [7, 11) is -4.78. The summed E-state index contributed by atoms with van der Waals surface area (Å²) in [5, 5.41) is 28.7. The van der Waals surface area contributed by atoms with Crippen LogP contribution in [0, 0.1) is 0 Å². The van der Waals surface area contributed by atoms with Crippen LogP contribution in [0.2, 0.25) is 0 Å². The smallest absolute Gasteiger partial charge is 0.359 e. The molecule has 1 saturated heterocycles. The molecule has 0 aromatic carbocycles. The molecule has 6 unspecified atom stereocenters. The molecular formula is C19H42B2O9P2. The molecule has 0 aromatic heterocycles. The predicted octanol–water partition coefficient (Wildman–Crippen LogP) is 1.35. The molecule has 188 valence electrons. The van der Waals surface area contributed by atoms with Gasteiger partial charge >= 0.3 is 7.60 Å². The summed E-state index contributed by atoms with van der Waals surface area (Å²) in [6.07, 6.45) is -1.81. The number of aliphatic hydroxyl groups is 3. The first-order valence-corrected chi connectivity index (χ1v) is 15.1. The van der Waals surface area contributed by atoms with Gasteiger partial charge in [0.15, 0.2) is 12.6 Å². The van der Waals surface area contributed by atoms with E-state index in [9.17, 15) is 29.3 Å². The molecule has 1 rings (SSSR count). The summed E-state index contributed by atoms with van der Waals surface area (Å²) >= 11 is 0. The Morgan fingerprint density at radius 2 is 1.56 bits per heavy atom. The molecule has 13 heteroatoms. The zero-order chi connectivity index (χ0) is 25.3. The summed E-state index contributed by atoms with van der Waals surface area (Å²) in [5.41, 5.74) is -3.03. The Hall–Kier alpha value is 0.310. The van der Waals surface area contributed by atoms with Crippen molar-refractivity contribution in [2.45, 2.75) is 121 Å². The first-order chi connectivity index (χ1) is 14.3. The molecule has 0 bridgehead atoms. The van der Waals surface area contributed by atoms with E-state index in [1.165, 1.54) is 14.5 Å². The van der Waals surface area contributed by atoms with Crippen LogP contribution < -0.4 is 0 Å². The summed E-state index contributed by atoms with van der Waals surface area (Å²) < 4.78 is 44.1. The number of ether oxygens (including phenoxy) is 1. The van der Waals surface area contributed by atoms with Gasteiger partial charge in [0.1, 0.15) is 20.1 Å².